The molecule has 1 aromatic carbocycles. The van der Waals surface area contributed by atoms with Gasteiger partial charge in [-0.05, 0) is 31.9 Å². The minimum Gasteiger partial charge on any atom is -0.352 e. The fraction of sp³-hybridized carbons (Fsp3) is 0.462. The van der Waals surface area contributed by atoms with Crippen LogP contribution >= 0.6 is 0 Å². The van der Waals surface area contributed by atoms with Crippen LogP contribution in [0.4, 0.5) is 5.69 Å². The molecule has 0 atom stereocenters. The number of amides is 1. The first-order chi connectivity index (χ1) is 9.10. The third kappa shape index (κ3) is 4.33. The Balaban J connectivity index is 2.75. The van der Waals surface area contributed by atoms with Gasteiger partial charge in [-0.15, -0.1) is 0 Å². The van der Waals surface area contributed by atoms with Gasteiger partial charge < -0.3 is 11.1 Å². The molecule has 1 amide bonds. The summed E-state index contributed by atoms with van der Waals surface area (Å²) in [6, 6.07) is 4.58. The van der Waals surface area contributed by atoms with Crippen molar-refractivity contribution in [2.24, 2.45) is 5.73 Å². The maximum Gasteiger partial charge on any atom is 0.273 e. The van der Waals surface area contributed by atoms with Crippen molar-refractivity contribution in [1.82, 2.24) is 5.32 Å². The predicted molar refractivity (Wildman–Crippen MR) is 73.1 cm³/mol. The first-order valence-electron chi connectivity index (χ1n) is 6.35. The SMILES string of the molecule is CCc1ccc(C(=O)NCCCCN)cc1[N+](=O)[O-]. The molecule has 0 unspecified atom stereocenters. The fourth-order valence-corrected chi connectivity index (χ4v) is 1.75. The number of nitro benzene ring substituents is 1. The number of hydrogen-bond donors (Lipinski definition) is 2. The Hall–Kier alpha value is -1.95. The van der Waals surface area contributed by atoms with Gasteiger partial charge in [0.25, 0.3) is 11.6 Å². The summed E-state index contributed by atoms with van der Waals surface area (Å²) in [5.74, 6) is -0.289. The van der Waals surface area contributed by atoms with E-state index in [1.165, 1.54) is 6.07 Å². The molecule has 3 N–H and O–H groups in total. The predicted octanol–water partition coefficient (Wildman–Crippen LogP) is 1.63. The Kier molecular flexibility index (Phi) is 5.95. The number of benzene rings is 1. The highest BCUT2D eigenvalue weighted by molar-refractivity contribution is 5.94. The van der Waals surface area contributed by atoms with Gasteiger partial charge in [0.1, 0.15) is 0 Å². The van der Waals surface area contributed by atoms with E-state index in [1.54, 1.807) is 12.1 Å². The minimum absolute atomic E-state index is 0.00268. The maximum atomic E-state index is 11.8. The molecule has 6 heteroatoms. The highest BCUT2D eigenvalue weighted by Crippen LogP contribution is 2.20. The summed E-state index contributed by atoms with van der Waals surface area (Å²) in [4.78, 5) is 22.3. The van der Waals surface area contributed by atoms with Crippen LogP contribution in [0.2, 0.25) is 0 Å². The molecule has 19 heavy (non-hydrogen) atoms. The Morgan fingerprint density at radius 2 is 2.16 bits per heavy atom. The summed E-state index contributed by atoms with van der Waals surface area (Å²) in [5, 5.41) is 13.6. The number of hydrogen-bond acceptors (Lipinski definition) is 4. The lowest BCUT2D eigenvalue weighted by Gasteiger charge is -2.06. The zero-order valence-electron chi connectivity index (χ0n) is 11.0. The largest absolute Gasteiger partial charge is 0.352 e. The molecule has 0 fully saturated rings. The summed E-state index contributed by atoms with van der Waals surface area (Å²) >= 11 is 0. The minimum atomic E-state index is -0.454. The van der Waals surface area contributed by atoms with Crippen LogP contribution in [0.15, 0.2) is 18.2 Å². The zero-order chi connectivity index (χ0) is 14.3. The van der Waals surface area contributed by atoms with Gasteiger partial charge in [-0.1, -0.05) is 13.0 Å². The van der Waals surface area contributed by atoms with Crippen LogP contribution in [0, 0.1) is 10.1 Å². The van der Waals surface area contributed by atoms with Gasteiger partial charge >= 0.3 is 0 Å². The van der Waals surface area contributed by atoms with Crippen molar-refractivity contribution in [3.63, 3.8) is 0 Å². The van der Waals surface area contributed by atoms with E-state index in [0.29, 0.717) is 30.6 Å². The molecule has 0 bridgehead atoms. The molecule has 104 valence electrons. The highest BCUT2D eigenvalue weighted by Gasteiger charge is 2.15. The summed E-state index contributed by atoms with van der Waals surface area (Å²) in [5.41, 5.74) is 6.30. The van der Waals surface area contributed by atoms with Crippen LogP contribution in [0.25, 0.3) is 0 Å². The van der Waals surface area contributed by atoms with Gasteiger partial charge in [0.05, 0.1) is 4.92 Å². The number of nitrogens with zero attached hydrogens (tertiary/aromatic N) is 1. The molecule has 1 aromatic rings. The lowest BCUT2D eigenvalue weighted by molar-refractivity contribution is -0.385. The molecular formula is C13H19N3O3. The number of aryl methyl sites for hydroxylation is 1. The first-order valence-corrected chi connectivity index (χ1v) is 6.35. The van der Waals surface area contributed by atoms with E-state index < -0.39 is 4.92 Å². The molecule has 0 radical (unpaired) electrons. The van der Waals surface area contributed by atoms with Gasteiger partial charge in [0.15, 0.2) is 0 Å². The van der Waals surface area contributed by atoms with Crippen LogP contribution in [-0.2, 0) is 6.42 Å². The van der Waals surface area contributed by atoms with Crippen LogP contribution in [-0.4, -0.2) is 23.9 Å². The van der Waals surface area contributed by atoms with Gasteiger partial charge in [-0.3, -0.25) is 14.9 Å². The van der Waals surface area contributed by atoms with Gasteiger partial charge in [-0.25, -0.2) is 0 Å². The van der Waals surface area contributed by atoms with Gasteiger partial charge in [-0.2, -0.15) is 0 Å². The Morgan fingerprint density at radius 1 is 1.42 bits per heavy atom. The van der Waals surface area contributed by atoms with Crippen molar-refractivity contribution < 1.29 is 9.72 Å². The Morgan fingerprint density at radius 3 is 2.74 bits per heavy atom. The van der Waals surface area contributed by atoms with Gasteiger partial charge in [0, 0.05) is 23.7 Å². The maximum absolute atomic E-state index is 11.8. The molecule has 0 aliphatic carbocycles. The molecule has 0 saturated heterocycles. The summed E-state index contributed by atoms with van der Waals surface area (Å²) in [6.45, 7) is 2.96. The van der Waals surface area contributed by atoms with Crippen molar-refractivity contribution in [1.29, 1.82) is 0 Å². The second kappa shape index (κ2) is 7.48. The molecule has 0 heterocycles. The molecule has 0 aliphatic rings. The number of nitrogens with two attached hydrogens (primary N) is 1. The lowest BCUT2D eigenvalue weighted by Crippen LogP contribution is -2.25. The number of unbranched alkanes of at least 4 members (excludes halogenated alkanes) is 1. The van der Waals surface area contributed by atoms with E-state index in [9.17, 15) is 14.9 Å². The smallest absolute Gasteiger partial charge is 0.273 e. The van der Waals surface area contributed by atoms with E-state index in [1.807, 2.05) is 6.92 Å². The van der Waals surface area contributed by atoms with E-state index in [4.69, 9.17) is 5.73 Å². The van der Waals surface area contributed by atoms with E-state index >= 15 is 0 Å². The third-order valence-electron chi connectivity index (χ3n) is 2.84. The van der Waals surface area contributed by atoms with E-state index in [-0.39, 0.29) is 11.6 Å². The standard InChI is InChI=1S/C13H19N3O3/c1-2-10-5-6-11(9-12(10)16(18)19)13(17)15-8-4-3-7-14/h5-6,9H,2-4,7-8,14H2,1H3,(H,15,17). The topological polar surface area (TPSA) is 98.3 Å². The van der Waals surface area contributed by atoms with Crippen molar-refractivity contribution >= 4 is 11.6 Å². The van der Waals surface area contributed by atoms with Crippen LogP contribution < -0.4 is 11.1 Å². The fourth-order valence-electron chi connectivity index (χ4n) is 1.75. The molecule has 1 rings (SSSR count). The van der Waals surface area contributed by atoms with Crippen LogP contribution in [0.3, 0.4) is 0 Å². The zero-order valence-corrected chi connectivity index (χ0v) is 11.0. The molecule has 0 aromatic heterocycles. The normalized spacial score (nSPS) is 10.2. The second-order valence-corrected chi connectivity index (χ2v) is 4.21. The second-order valence-electron chi connectivity index (χ2n) is 4.21. The lowest BCUT2D eigenvalue weighted by atomic mass is 10.1. The summed E-state index contributed by atoms with van der Waals surface area (Å²) < 4.78 is 0. The molecule has 0 aliphatic heterocycles. The quantitative estimate of drug-likeness (QED) is 0.444. The Bertz CT molecular complexity index is 460. The number of nitrogens with one attached hydrogen (secondary N) is 1. The summed E-state index contributed by atoms with van der Waals surface area (Å²) in [6.07, 6.45) is 2.21. The van der Waals surface area contributed by atoms with Crippen LogP contribution in [0.5, 0.6) is 0 Å². The van der Waals surface area contributed by atoms with Crippen molar-refractivity contribution in [3.8, 4) is 0 Å². The van der Waals surface area contributed by atoms with Gasteiger partial charge in [0.2, 0.25) is 0 Å². The highest BCUT2D eigenvalue weighted by atomic mass is 16.6. The first kappa shape index (κ1) is 15.1. The van der Waals surface area contributed by atoms with Crippen molar-refractivity contribution in [2.45, 2.75) is 26.2 Å². The average Bonchev–Trinajstić information content (AvgIpc) is 2.42. The summed E-state index contributed by atoms with van der Waals surface area (Å²) in [7, 11) is 0. The van der Waals surface area contributed by atoms with E-state index in [0.717, 1.165) is 12.8 Å². The van der Waals surface area contributed by atoms with E-state index in [2.05, 4.69) is 5.32 Å². The number of rotatable bonds is 7. The monoisotopic (exact) mass is 265 g/mol. The number of carbonyl (C=O) groups excluding carboxylic acids is 1. The third-order valence-corrected chi connectivity index (χ3v) is 2.84. The van der Waals surface area contributed by atoms with Crippen LogP contribution in [0.1, 0.15) is 35.7 Å². The number of carbonyl (C=O) groups is 1. The molecule has 6 nitrogen and oxygen atoms in total. The van der Waals surface area contributed by atoms with Crippen molar-refractivity contribution in [3.05, 3.63) is 39.4 Å². The number of nitro groups is 1. The Labute approximate surface area is 112 Å². The molecule has 0 saturated carbocycles. The molecular weight excluding hydrogens is 246 g/mol. The molecule has 0 spiro atoms. The average molecular weight is 265 g/mol. The van der Waals surface area contributed by atoms with Crippen molar-refractivity contribution in [2.75, 3.05) is 13.1 Å².